The Morgan fingerprint density at radius 3 is 2.33 bits per heavy atom. The summed E-state index contributed by atoms with van der Waals surface area (Å²) in [6.45, 7) is 5.40. The number of hydrogen-bond donors (Lipinski definition) is 2. The molecule has 0 saturated heterocycles. The summed E-state index contributed by atoms with van der Waals surface area (Å²) >= 11 is 0. The molecule has 0 radical (unpaired) electrons. The molecule has 0 spiro atoms. The summed E-state index contributed by atoms with van der Waals surface area (Å²) in [7, 11) is 1.60. The third-order valence-electron chi connectivity index (χ3n) is 3.60. The van der Waals surface area contributed by atoms with Gasteiger partial charge in [0.1, 0.15) is 5.75 Å². The second-order valence-electron chi connectivity index (χ2n) is 5.75. The van der Waals surface area contributed by atoms with Gasteiger partial charge in [0, 0.05) is 23.9 Å². The quantitative estimate of drug-likeness (QED) is 0.884. The fourth-order valence-corrected chi connectivity index (χ4v) is 2.61. The summed E-state index contributed by atoms with van der Waals surface area (Å²) < 4.78 is 5.39. The normalized spacial score (nSPS) is 10.2. The number of methoxy groups -OCH3 is 1. The van der Waals surface area contributed by atoms with E-state index >= 15 is 0 Å². The summed E-state index contributed by atoms with van der Waals surface area (Å²) in [4.78, 5) is 23.5. The highest BCUT2D eigenvalue weighted by Gasteiger charge is 2.13. The van der Waals surface area contributed by atoms with Gasteiger partial charge < -0.3 is 15.4 Å². The molecule has 0 bridgehead atoms. The minimum Gasteiger partial charge on any atom is -0.496 e. The molecular formula is C19H22N2O3. The van der Waals surface area contributed by atoms with Gasteiger partial charge in [-0.1, -0.05) is 12.1 Å². The monoisotopic (exact) mass is 326 g/mol. The lowest BCUT2D eigenvalue weighted by Crippen LogP contribution is -2.16. The SMILES string of the molecule is COc1cc(C)cc(C)c1CC(=O)Nc1cccc(NC(C)=O)c1. The van der Waals surface area contributed by atoms with Crippen LogP contribution in [0, 0.1) is 13.8 Å². The van der Waals surface area contributed by atoms with Gasteiger partial charge in [-0.3, -0.25) is 9.59 Å². The Labute approximate surface area is 142 Å². The van der Waals surface area contributed by atoms with Crippen LogP contribution >= 0.6 is 0 Å². The minimum atomic E-state index is -0.154. The van der Waals surface area contributed by atoms with Gasteiger partial charge in [-0.2, -0.15) is 0 Å². The van der Waals surface area contributed by atoms with Gasteiger partial charge >= 0.3 is 0 Å². The van der Waals surface area contributed by atoms with Crippen molar-refractivity contribution in [1.29, 1.82) is 0 Å². The number of nitrogens with one attached hydrogen (secondary N) is 2. The summed E-state index contributed by atoms with van der Waals surface area (Å²) in [6, 6.07) is 11.0. The van der Waals surface area contributed by atoms with Crippen LogP contribution in [0.2, 0.25) is 0 Å². The van der Waals surface area contributed by atoms with Gasteiger partial charge in [-0.25, -0.2) is 0 Å². The second-order valence-corrected chi connectivity index (χ2v) is 5.75. The molecule has 0 atom stereocenters. The second kappa shape index (κ2) is 7.64. The van der Waals surface area contributed by atoms with E-state index in [2.05, 4.69) is 10.6 Å². The maximum atomic E-state index is 12.4. The molecular weight excluding hydrogens is 304 g/mol. The fourth-order valence-electron chi connectivity index (χ4n) is 2.61. The first-order valence-electron chi connectivity index (χ1n) is 7.70. The van der Waals surface area contributed by atoms with Crippen molar-refractivity contribution in [2.24, 2.45) is 0 Å². The molecule has 2 amide bonds. The number of anilines is 2. The summed E-state index contributed by atoms with van der Waals surface area (Å²) in [6.07, 6.45) is 0.222. The highest BCUT2D eigenvalue weighted by Crippen LogP contribution is 2.25. The number of amides is 2. The lowest BCUT2D eigenvalue weighted by atomic mass is 10.0. The standard InChI is InChI=1S/C19H22N2O3/c1-12-8-13(2)17(18(9-12)24-4)11-19(23)21-16-7-5-6-15(10-16)20-14(3)22/h5-10H,11H2,1-4H3,(H,20,22)(H,21,23). The minimum absolute atomic E-state index is 0.139. The van der Waals surface area contributed by atoms with Gasteiger partial charge in [0.2, 0.25) is 11.8 Å². The highest BCUT2D eigenvalue weighted by molar-refractivity contribution is 5.94. The predicted octanol–water partition coefficient (Wildman–Crippen LogP) is 3.45. The average molecular weight is 326 g/mol. The molecule has 0 aliphatic carbocycles. The van der Waals surface area contributed by atoms with E-state index in [1.54, 1.807) is 31.4 Å². The third kappa shape index (κ3) is 4.59. The first-order chi connectivity index (χ1) is 11.4. The van der Waals surface area contributed by atoms with Crippen LogP contribution in [0.15, 0.2) is 36.4 Å². The Balaban J connectivity index is 2.13. The summed E-state index contributed by atoms with van der Waals surface area (Å²) in [5.41, 5.74) is 4.27. The lowest BCUT2D eigenvalue weighted by Gasteiger charge is -2.13. The first-order valence-corrected chi connectivity index (χ1v) is 7.70. The van der Waals surface area contributed by atoms with Crippen LogP contribution < -0.4 is 15.4 Å². The van der Waals surface area contributed by atoms with Gasteiger partial charge in [-0.15, -0.1) is 0 Å². The molecule has 0 aliphatic heterocycles. The van der Waals surface area contributed by atoms with E-state index in [9.17, 15) is 9.59 Å². The van der Waals surface area contributed by atoms with E-state index in [4.69, 9.17) is 4.74 Å². The largest absolute Gasteiger partial charge is 0.496 e. The van der Waals surface area contributed by atoms with Crippen LogP contribution in [0.1, 0.15) is 23.6 Å². The Hall–Kier alpha value is -2.82. The van der Waals surface area contributed by atoms with Crippen LogP contribution in [-0.4, -0.2) is 18.9 Å². The number of ether oxygens (including phenoxy) is 1. The maximum Gasteiger partial charge on any atom is 0.228 e. The third-order valence-corrected chi connectivity index (χ3v) is 3.60. The van der Waals surface area contributed by atoms with E-state index in [-0.39, 0.29) is 18.2 Å². The number of aryl methyl sites for hydroxylation is 2. The van der Waals surface area contributed by atoms with Gasteiger partial charge in [0.05, 0.1) is 13.5 Å². The Morgan fingerprint density at radius 2 is 1.71 bits per heavy atom. The molecule has 5 nitrogen and oxygen atoms in total. The van der Waals surface area contributed by atoms with Crippen molar-refractivity contribution in [1.82, 2.24) is 0 Å². The molecule has 0 aliphatic rings. The topological polar surface area (TPSA) is 67.4 Å². The first kappa shape index (κ1) is 17.5. The maximum absolute atomic E-state index is 12.4. The number of rotatable bonds is 5. The van der Waals surface area contributed by atoms with Crippen molar-refractivity contribution in [3.05, 3.63) is 53.1 Å². The van der Waals surface area contributed by atoms with Crippen LogP contribution in [0.3, 0.4) is 0 Å². The molecule has 5 heteroatoms. The lowest BCUT2D eigenvalue weighted by molar-refractivity contribution is -0.116. The van der Waals surface area contributed by atoms with Gasteiger partial charge in [0.25, 0.3) is 0 Å². The molecule has 0 fully saturated rings. The molecule has 0 unspecified atom stereocenters. The highest BCUT2D eigenvalue weighted by atomic mass is 16.5. The predicted molar refractivity (Wildman–Crippen MR) is 95.5 cm³/mol. The van der Waals surface area contributed by atoms with Crippen molar-refractivity contribution < 1.29 is 14.3 Å². The number of hydrogen-bond acceptors (Lipinski definition) is 3. The van der Waals surface area contributed by atoms with Crippen molar-refractivity contribution in [3.8, 4) is 5.75 Å². The molecule has 2 aromatic carbocycles. The van der Waals surface area contributed by atoms with E-state index in [1.807, 2.05) is 26.0 Å². The van der Waals surface area contributed by atoms with Crippen LogP contribution in [-0.2, 0) is 16.0 Å². The molecule has 0 saturated carbocycles. The van der Waals surface area contributed by atoms with E-state index in [0.29, 0.717) is 11.4 Å². The van der Waals surface area contributed by atoms with Crippen LogP contribution in [0.5, 0.6) is 5.75 Å². The van der Waals surface area contributed by atoms with E-state index in [1.165, 1.54) is 6.92 Å². The average Bonchev–Trinajstić information content (AvgIpc) is 2.49. The summed E-state index contributed by atoms with van der Waals surface area (Å²) in [5.74, 6) is 0.424. The smallest absolute Gasteiger partial charge is 0.228 e. The molecule has 2 rings (SSSR count). The Kier molecular flexibility index (Phi) is 5.58. The Morgan fingerprint density at radius 1 is 1.04 bits per heavy atom. The number of carbonyl (C=O) groups is 2. The van der Waals surface area contributed by atoms with Crippen molar-refractivity contribution >= 4 is 23.2 Å². The fraction of sp³-hybridized carbons (Fsp3) is 0.263. The molecule has 0 heterocycles. The Bertz CT molecular complexity index is 769. The molecule has 0 aromatic heterocycles. The molecule has 24 heavy (non-hydrogen) atoms. The van der Waals surface area contributed by atoms with Crippen molar-refractivity contribution in [2.75, 3.05) is 17.7 Å². The number of benzene rings is 2. The molecule has 2 N–H and O–H groups in total. The molecule has 126 valence electrons. The van der Waals surface area contributed by atoms with E-state index in [0.717, 1.165) is 22.4 Å². The van der Waals surface area contributed by atoms with Gasteiger partial charge in [0.15, 0.2) is 0 Å². The van der Waals surface area contributed by atoms with Crippen LogP contribution in [0.25, 0.3) is 0 Å². The molecule has 2 aromatic rings. The van der Waals surface area contributed by atoms with Crippen LogP contribution in [0.4, 0.5) is 11.4 Å². The van der Waals surface area contributed by atoms with Gasteiger partial charge in [-0.05, 0) is 49.2 Å². The zero-order valence-electron chi connectivity index (χ0n) is 14.4. The van der Waals surface area contributed by atoms with Crippen molar-refractivity contribution in [3.63, 3.8) is 0 Å². The van der Waals surface area contributed by atoms with E-state index < -0.39 is 0 Å². The van der Waals surface area contributed by atoms with Crippen molar-refractivity contribution in [2.45, 2.75) is 27.2 Å². The number of carbonyl (C=O) groups excluding carboxylic acids is 2. The zero-order chi connectivity index (χ0) is 17.7. The zero-order valence-corrected chi connectivity index (χ0v) is 14.4. The summed E-state index contributed by atoms with van der Waals surface area (Å²) in [5, 5.41) is 5.54.